The van der Waals surface area contributed by atoms with Gasteiger partial charge in [0, 0.05) is 28.4 Å². The number of benzene rings is 1. The second-order valence-electron chi connectivity index (χ2n) is 11.6. The number of aliphatic hydroxyl groups excluding tert-OH is 1. The Bertz CT molecular complexity index is 1080. The van der Waals surface area contributed by atoms with Crippen LogP contribution < -0.4 is 15.5 Å². The van der Waals surface area contributed by atoms with Gasteiger partial charge >= 0.3 is 0 Å². The van der Waals surface area contributed by atoms with Gasteiger partial charge in [-0.25, -0.2) is 4.98 Å². The summed E-state index contributed by atoms with van der Waals surface area (Å²) in [5.74, 6) is 1.27. The van der Waals surface area contributed by atoms with E-state index in [0.29, 0.717) is 21.5 Å². The lowest BCUT2D eigenvalue weighted by molar-refractivity contribution is 0.102. The predicted octanol–water partition coefficient (Wildman–Crippen LogP) is 5.93. The molecule has 3 aliphatic rings. The maximum absolute atomic E-state index is 13.5. The minimum Gasteiger partial charge on any atom is -0.394 e. The van der Waals surface area contributed by atoms with E-state index in [4.69, 9.17) is 4.98 Å². The minimum absolute atomic E-state index is 0.00805. The fourth-order valence-corrected chi connectivity index (χ4v) is 6.48. The first kappa shape index (κ1) is 24.4. The molecule has 1 aromatic heterocycles. The number of carbonyl (C=O) groups excluding carboxylic acids is 1. The van der Waals surface area contributed by atoms with Crippen LogP contribution in [-0.4, -0.2) is 46.0 Å². The van der Waals surface area contributed by atoms with E-state index < -0.39 is 5.54 Å². The maximum Gasteiger partial charge on any atom is 0.259 e. The lowest BCUT2D eigenvalue weighted by Crippen LogP contribution is -2.38. The number of aliphatic hydroxyl groups is 1. The Kier molecular flexibility index (Phi) is 6.51. The van der Waals surface area contributed by atoms with Gasteiger partial charge in [-0.2, -0.15) is 0 Å². The molecule has 7 heteroatoms. The fraction of sp³-hybridized carbons (Fsp3) is 0.571. The van der Waals surface area contributed by atoms with Crippen LogP contribution in [0.4, 0.5) is 17.3 Å². The smallest absolute Gasteiger partial charge is 0.259 e. The molecule has 0 unspecified atom stereocenters. The molecule has 1 aliphatic heterocycles. The van der Waals surface area contributed by atoms with Gasteiger partial charge in [-0.15, -0.1) is 11.8 Å². The third-order valence-electron chi connectivity index (χ3n) is 7.93. The number of carbonyl (C=O) groups is 1. The van der Waals surface area contributed by atoms with Crippen molar-refractivity contribution in [3.05, 3.63) is 42.0 Å². The first-order valence-electron chi connectivity index (χ1n) is 12.9. The van der Waals surface area contributed by atoms with Gasteiger partial charge in [-0.3, -0.25) is 4.79 Å². The molecule has 6 nitrogen and oxygen atoms in total. The van der Waals surface area contributed by atoms with E-state index in [1.165, 1.54) is 37.0 Å². The number of rotatable bonds is 8. The van der Waals surface area contributed by atoms with Gasteiger partial charge in [0.05, 0.1) is 17.7 Å². The zero-order valence-electron chi connectivity index (χ0n) is 21.2. The molecule has 2 aliphatic carbocycles. The van der Waals surface area contributed by atoms with E-state index in [-0.39, 0.29) is 12.5 Å². The van der Waals surface area contributed by atoms with Gasteiger partial charge in [-0.05, 0) is 88.1 Å². The lowest BCUT2D eigenvalue weighted by Gasteiger charge is -2.37. The van der Waals surface area contributed by atoms with Crippen LogP contribution in [0.15, 0.2) is 41.3 Å². The van der Waals surface area contributed by atoms with E-state index in [2.05, 4.69) is 34.6 Å². The third kappa shape index (κ3) is 5.61. The van der Waals surface area contributed by atoms with Gasteiger partial charge in [0.2, 0.25) is 0 Å². The van der Waals surface area contributed by atoms with Gasteiger partial charge in [0.15, 0.2) is 0 Å². The van der Waals surface area contributed by atoms with Crippen molar-refractivity contribution < 1.29 is 9.90 Å². The molecule has 188 valence electrons. The average Bonchev–Trinajstić information content (AvgIpc) is 3.57. The highest BCUT2D eigenvalue weighted by Crippen LogP contribution is 2.54. The highest BCUT2D eigenvalue weighted by molar-refractivity contribution is 8.00. The second kappa shape index (κ2) is 9.32. The first-order chi connectivity index (χ1) is 16.7. The Labute approximate surface area is 213 Å². The summed E-state index contributed by atoms with van der Waals surface area (Å²) < 4.78 is 0.318. The Morgan fingerprint density at radius 3 is 2.49 bits per heavy atom. The van der Waals surface area contributed by atoms with Crippen LogP contribution in [0.25, 0.3) is 0 Å². The Balaban J connectivity index is 1.37. The van der Waals surface area contributed by atoms with Crippen LogP contribution in [0.5, 0.6) is 0 Å². The summed E-state index contributed by atoms with van der Waals surface area (Å²) in [7, 11) is 0. The number of amides is 1. The largest absolute Gasteiger partial charge is 0.394 e. The van der Waals surface area contributed by atoms with Crippen molar-refractivity contribution in [3.63, 3.8) is 0 Å². The molecule has 1 aromatic carbocycles. The van der Waals surface area contributed by atoms with Gasteiger partial charge in [0.1, 0.15) is 11.6 Å². The molecule has 2 heterocycles. The van der Waals surface area contributed by atoms with E-state index in [1.807, 2.05) is 49.9 Å². The van der Waals surface area contributed by atoms with Crippen molar-refractivity contribution >= 4 is 35.0 Å². The van der Waals surface area contributed by atoms with Gasteiger partial charge in [0.25, 0.3) is 5.91 Å². The second-order valence-corrected chi connectivity index (χ2v) is 13.3. The number of anilines is 3. The molecule has 3 N–H and O–H groups in total. The summed E-state index contributed by atoms with van der Waals surface area (Å²) in [6, 6.07) is 11.9. The Hall–Kier alpha value is -2.25. The number of hydrogen-bond donors (Lipinski definition) is 3. The van der Waals surface area contributed by atoms with Crippen molar-refractivity contribution in [2.45, 2.75) is 80.9 Å². The molecule has 1 spiro atoms. The highest BCUT2D eigenvalue weighted by atomic mass is 32.2. The molecule has 3 fully saturated rings. The molecular formula is C28H38N4O2S. The summed E-state index contributed by atoms with van der Waals surface area (Å²) in [6.45, 7) is 8.02. The van der Waals surface area contributed by atoms with Crippen LogP contribution in [0.2, 0.25) is 0 Å². The molecular weight excluding hydrogens is 456 g/mol. The number of nitrogens with one attached hydrogen (secondary N) is 2. The van der Waals surface area contributed by atoms with Crippen molar-refractivity contribution in [2.24, 2.45) is 5.41 Å². The summed E-state index contributed by atoms with van der Waals surface area (Å²) >= 11 is 1.91. The zero-order valence-corrected chi connectivity index (χ0v) is 22.0. The molecule has 2 saturated carbocycles. The molecule has 5 rings (SSSR count). The number of nitrogens with zero attached hydrogens (tertiary/aromatic N) is 2. The van der Waals surface area contributed by atoms with E-state index in [9.17, 15) is 9.90 Å². The summed E-state index contributed by atoms with van der Waals surface area (Å²) in [5, 5.41) is 16.1. The molecule has 35 heavy (non-hydrogen) atoms. The van der Waals surface area contributed by atoms with E-state index >= 15 is 0 Å². The van der Waals surface area contributed by atoms with Crippen molar-refractivity contribution in [1.82, 2.24) is 4.98 Å². The number of pyridine rings is 1. The van der Waals surface area contributed by atoms with Crippen LogP contribution >= 0.6 is 11.8 Å². The molecule has 2 aromatic rings. The summed E-state index contributed by atoms with van der Waals surface area (Å²) in [4.78, 5) is 21.8. The van der Waals surface area contributed by atoms with Crippen LogP contribution in [0.1, 0.15) is 76.1 Å². The number of aromatic nitrogens is 1. The first-order valence-corrected chi connectivity index (χ1v) is 13.8. The van der Waals surface area contributed by atoms with E-state index in [0.717, 1.165) is 37.4 Å². The molecule has 0 bridgehead atoms. The lowest BCUT2D eigenvalue weighted by atomic mass is 9.86. The summed E-state index contributed by atoms with van der Waals surface area (Å²) in [6.07, 6.45) is 8.78. The Morgan fingerprint density at radius 1 is 1.11 bits per heavy atom. The minimum atomic E-state index is -0.497. The van der Waals surface area contributed by atoms with Crippen molar-refractivity contribution in [1.29, 1.82) is 0 Å². The topological polar surface area (TPSA) is 77.5 Å². The van der Waals surface area contributed by atoms with E-state index in [1.54, 1.807) is 0 Å². The molecule has 1 saturated heterocycles. The standard InChI is InChI=1S/C28H38N4O2S/c1-26(2,19-33)31-23-9-8-22(24(30-23)32-16-14-28(12-13-28)15-17-32)25(34)29-20-6-4-7-21(18-20)35-27(3)10-5-11-27/h4,6-9,18,33H,5,10-17,19H2,1-3H3,(H,29,34)(H,30,31). The third-order valence-corrected chi connectivity index (χ3v) is 9.32. The Morgan fingerprint density at radius 2 is 1.86 bits per heavy atom. The normalized spacial score (nSPS) is 20.3. The summed E-state index contributed by atoms with van der Waals surface area (Å²) in [5.41, 5.74) is 1.45. The monoisotopic (exact) mass is 494 g/mol. The van der Waals surface area contributed by atoms with Gasteiger partial charge in [-0.1, -0.05) is 19.4 Å². The predicted molar refractivity (Wildman–Crippen MR) is 145 cm³/mol. The SMILES string of the molecule is CC(C)(CO)Nc1ccc(C(=O)Nc2cccc(SC3(C)CCC3)c2)c(N2CCC3(CC2)CC3)n1. The average molecular weight is 495 g/mol. The highest BCUT2D eigenvalue weighted by Gasteiger charge is 2.45. The molecule has 0 atom stereocenters. The zero-order chi connectivity index (χ0) is 24.7. The van der Waals surface area contributed by atoms with Crippen LogP contribution in [0, 0.1) is 5.41 Å². The number of thioether (sulfide) groups is 1. The number of piperidine rings is 1. The van der Waals surface area contributed by atoms with Crippen LogP contribution in [-0.2, 0) is 0 Å². The van der Waals surface area contributed by atoms with Crippen molar-refractivity contribution in [3.8, 4) is 0 Å². The number of hydrogen-bond acceptors (Lipinski definition) is 6. The fourth-order valence-electron chi connectivity index (χ4n) is 5.09. The van der Waals surface area contributed by atoms with Gasteiger partial charge < -0.3 is 20.6 Å². The molecule has 0 radical (unpaired) electrons. The maximum atomic E-state index is 13.5. The van der Waals surface area contributed by atoms with Crippen LogP contribution in [0.3, 0.4) is 0 Å². The van der Waals surface area contributed by atoms with Crippen molar-refractivity contribution in [2.75, 3.05) is 35.2 Å². The quantitative estimate of drug-likeness (QED) is 0.422. The molecule has 1 amide bonds.